The normalized spacial score (nSPS) is 15.8. The standard InChI is InChI=1S/C24H22F2S.C24H24S.C21H19F2N.3CH4/c1-24(2,3)21-17-12-13-20(25)22(26)19(17)14-27-23-16(10-7-11-18(21)23)15-8-5-4-6-9-15;1-24(2,3)23-19-14-9-13-18(17-10-5-4-6-11-17)21(19)16-25-22-15-8-7-12-20(22)23;1-21(2,3)19-13-7-4-5-8-16(13)24-12-6-9-17(24)18-14(19)10-11-15(22)20(18)23;;;/h4-13,21H,14H2,1-3H3;4-15,23H,16H2,1-3H3;4-12,19H,1-3H3;3*1H4. The van der Waals surface area contributed by atoms with E-state index in [0.717, 1.165) is 39.3 Å². The highest BCUT2D eigenvalue weighted by atomic mass is 32.2. The number of fused-ring (bicyclic) bond motifs is 9. The van der Waals surface area contributed by atoms with Crippen molar-refractivity contribution < 1.29 is 17.6 Å². The van der Waals surface area contributed by atoms with Gasteiger partial charge in [0.15, 0.2) is 23.3 Å². The molecule has 12 rings (SSSR count). The Morgan fingerprint density at radius 1 is 0.392 bits per heavy atom. The summed E-state index contributed by atoms with van der Waals surface area (Å²) >= 11 is 3.59. The number of rotatable bonds is 2. The molecule has 3 aliphatic rings. The fraction of sp³-hybridized carbons (Fsp3) is 0.278. The topological polar surface area (TPSA) is 4.93 Å². The molecule has 0 radical (unpaired) electrons. The van der Waals surface area contributed by atoms with E-state index in [1.165, 1.54) is 55.3 Å². The molecule has 0 saturated heterocycles. The van der Waals surface area contributed by atoms with Crippen molar-refractivity contribution in [1.29, 1.82) is 0 Å². The number of halogens is 4. The summed E-state index contributed by atoms with van der Waals surface area (Å²) in [5, 5.41) is 0. The minimum absolute atomic E-state index is 0. The lowest BCUT2D eigenvalue weighted by Crippen LogP contribution is -2.21. The van der Waals surface area contributed by atoms with Crippen molar-refractivity contribution in [1.82, 2.24) is 4.57 Å². The molecule has 8 aromatic carbocycles. The zero-order valence-corrected chi connectivity index (χ0v) is 46.5. The first-order valence-corrected chi connectivity index (χ1v) is 28.2. The molecule has 3 unspecified atom stereocenters. The van der Waals surface area contributed by atoms with Crippen LogP contribution in [0.25, 0.3) is 39.2 Å². The predicted molar refractivity (Wildman–Crippen MR) is 331 cm³/mol. The van der Waals surface area contributed by atoms with E-state index in [1.807, 2.05) is 71.1 Å². The highest BCUT2D eigenvalue weighted by Gasteiger charge is 2.39. The third-order valence-electron chi connectivity index (χ3n) is 15.1. The maximum absolute atomic E-state index is 14.8. The van der Waals surface area contributed by atoms with Gasteiger partial charge in [-0.25, -0.2) is 17.6 Å². The van der Waals surface area contributed by atoms with Crippen molar-refractivity contribution in [3.8, 4) is 39.2 Å². The summed E-state index contributed by atoms with van der Waals surface area (Å²) in [5.41, 5.74) is 16.0. The van der Waals surface area contributed by atoms with Crippen LogP contribution in [-0.4, -0.2) is 4.57 Å². The fourth-order valence-electron chi connectivity index (χ4n) is 12.0. The maximum atomic E-state index is 14.8. The van der Waals surface area contributed by atoms with Crippen LogP contribution in [0.15, 0.2) is 198 Å². The van der Waals surface area contributed by atoms with E-state index in [1.54, 1.807) is 23.9 Å². The van der Waals surface area contributed by atoms with E-state index in [0.29, 0.717) is 28.5 Å². The van der Waals surface area contributed by atoms with E-state index in [9.17, 15) is 17.6 Å². The summed E-state index contributed by atoms with van der Waals surface area (Å²) < 4.78 is 59.4. The first kappa shape index (κ1) is 60.1. The van der Waals surface area contributed by atoms with Crippen LogP contribution < -0.4 is 0 Å². The van der Waals surface area contributed by atoms with Gasteiger partial charge in [-0.3, -0.25) is 0 Å². The maximum Gasteiger partial charge on any atom is 0.168 e. The van der Waals surface area contributed by atoms with E-state index < -0.39 is 23.3 Å². The fourth-order valence-corrected chi connectivity index (χ4v) is 14.4. The molecule has 0 N–H and O–H groups in total. The SMILES string of the molecule is C.C.C.CC(C)(C)C1c2ccc(F)c(F)c2CSc2c(-c3ccccc3)cccc21.CC(C)(C)C1c2ccccc2-n2cccc2-c2c1ccc(F)c2F.CC(C)(C)C1c2ccccc2SCc2c(-c3ccccc3)cccc21. The smallest absolute Gasteiger partial charge is 0.168 e. The van der Waals surface area contributed by atoms with Gasteiger partial charge >= 0.3 is 0 Å². The van der Waals surface area contributed by atoms with Crippen LogP contribution in [0.1, 0.15) is 147 Å². The van der Waals surface area contributed by atoms with Crippen molar-refractivity contribution in [2.75, 3.05) is 0 Å². The molecule has 0 saturated carbocycles. The van der Waals surface area contributed by atoms with Crippen molar-refractivity contribution in [3.63, 3.8) is 0 Å². The largest absolute Gasteiger partial charge is 0.316 e. The van der Waals surface area contributed by atoms with Gasteiger partial charge in [-0.05, 0) is 114 Å². The van der Waals surface area contributed by atoms with Gasteiger partial charge in [0.2, 0.25) is 0 Å². The molecule has 0 amide bonds. The summed E-state index contributed by atoms with van der Waals surface area (Å²) in [6, 6.07) is 61.1. The average Bonchev–Trinajstić information content (AvgIpc) is 3.78. The van der Waals surface area contributed by atoms with Crippen molar-refractivity contribution in [3.05, 3.63) is 256 Å². The van der Waals surface area contributed by atoms with Crippen LogP contribution in [-0.2, 0) is 11.5 Å². The lowest BCUT2D eigenvalue weighted by Gasteiger charge is -2.33. The van der Waals surface area contributed by atoms with Crippen LogP contribution in [0.3, 0.4) is 0 Å². The Bertz CT molecular complexity index is 3560. The van der Waals surface area contributed by atoms with Crippen LogP contribution in [0.5, 0.6) is 0 Å². The summed E-state index contributed by atoms with van der Waals surface area (Å²) in [6.07, 6.45) is 1.91. The summed E-state index contributed by atoms with van der Waals surface area (Å²) in [7, 11) is 0. The molecule has 79 heavy (non-hydrogen) atoms. The minimum atomic E-state index is -0.805. The van der Waals surface area contributed by atoms with Gasteiger partial charge in [0, 0.05) is 62.1 Å². The molecule has 410 valence electrons. The minimum Gasteiger partial charge on any atom is -0.316 e. The van der Waals surface area contributed by atoms with Crippen LogP contribution in [0.4, 0.5) is 17.6 Å². The van der Waals surface area contributed by atoms with Crippen molar-refractivity contribution >= 4 is 23.5 Å². The number of hydrogen-bond donors (Lipinski definition) is 0. The Labute approximate surface area is 478 Å². The first-order chi connectivity index (χ1) is 36.3. The molecule has 0 spiro atoms. The number of hydrogen-bond acceptors (Lipinski definition) is 2. The van der Waals surface area contributed by atoms with Gasteiger partial charge in [-0.1, -0.05) is 230 Å². The molecule has 9 aromatic rings. The Balaban J connectivity index is 0.000000169. The Hall–Kier alpha value is -6.54. The average molecular weight is 1100 g/mol. The van der Waals surface area contributed by atoms with E-state index in [2.05, 4.69) is 172 Å². The van der Waals surface area contributed by atoms with Crippen LogP contribution in [0.2, 0.25) is 0 Å². The summed E-state index contributed by atoms with van der Waals surface area (Å²) in [5.74, 6) is -1.20. The Morgan fingerprint density at radius 3 is 1.49 bits per heavy atom. The molecule has 7 heteroatoms. The molecule has 0 aliphatic carbocycles. The molecule has 0 bridgehead atoms. The van der Waals surface area contributed by atoms with Crippen molar-refractivity contribution in [2.45, 2.75) is 124 Å². The highest BCUT2D eigenvalue weighted by molar-refractivity contribution is 7.99. The van der Waals surface area contributed by atoms with E-state index in [4.69, 9.17) is 0 Å². The van der Waals surface area contributed by atoms with Gasteiger partial charge in [-0.2, -0.15) is 0 Å². The monoisotopic (exact) mass is 1100 g/mol. The van der Waals surface area contributed by atoms with Gasteiger partial charge in [0.1, 0.15) is 0 Å². The second-order valence-electron chi connectivity index (χ2n) is 23.4. The molecule has 0 fully saturated rings. The second kappa shape index (κ2) is 24.0. The molecule has 4 heterocycles. The summed E-state index contributed by atoms with van der Waals surface area (Å²) in [6.45, 7) is 20.0. The van der Waals surface area contributed by atoms with Gasteiger partial charge < -0.3 is 4.57 Å². The molecule has 3 atom stereocenters. The number of thioether (sulfide) groups is 2. The first-order valence-electron chi connectivity index (χ1n) is 26.2. The number of nitrogens with zero attached hydrogens (tertiary/aromatic N) is 1. The zero-order chi connectivity index (χ0) is 53.7. The van der Waals surface area contributed by atoms with Crippen LogP contribution in [0, 0.1) is 39.5 Å². The number of benzene rings is 8. The molecule has 3 aliphatic heterocycles. The quantitative estimate of drug-likeness (QED) is 0.159. The van der Waals surface area contributed by atoms with Crippen molar-refractivity contribution in [2.24, 2.45) is 16.2 Å². The molecule has 1 aromatic heterocycles. The van der Waals surface area contributed by atoms with Gasteiger partial charge in [0.25, 0.3) is 0 Å². The third-order valence-corrected chi connectivity index (χ3v) is 17.4. The highest BCUT2D eigenvalue weighted by Crippen LogP contribution is 2.54. The number of aromatic nitrogens is 1. The lowest BCUT2D eigenvalue weighted by molar-refractivity contribution is 0.353. The molecular weight excluding hydrogens is 1020 g/mol. The Morgan fingerprint density at radius 2 is 0.861 bits per heavy atom. The zero-order valence-electron chi connectivity index (χ0n) is 44.8. The molecular formula is C72H77F4NS2. The van der Waals surface area contributed by atoms with E-state index in [-0.39, 0.29) is 50.4 Å². The van der Waals surface area contributed by atoms with Gasteiger partial charge in [-0.15, -0.1) is 23.5 Å². The lowest BCUT2D eigenvalue weighted by atomic mass is 9.71. The Kier molecular flexibility index (Phi) is 18.3. The second-order valence-corrected chi connectivity index (χ2v) is 25.4. The predicted octanol–water partition coefficient (Wildman–Crippen LogP) is 22.4. The van der Waals surface area contributed by atoms with E-state index >= 15 is 0 Å². The van der Waals surface area contributed by atoms with Gasteiger partial charge in [0.05, 0.1) is 5.69 Å². The van der Waals surface area contributed by atoms with Crippen LogP contribution >= 0.6 is 23.5 Å². The number of para-hydroxylation sites is 1. The summed E-state index contributed by atoms with van der Waals surface area (Å²) in [4.78, 5) is 2.59. The molecule has 1 nitrogen and oxygen atoms in total. The third kappa shape index (κ3) is 11.7.